The van der Waals surface area contributed by atoms with E-state index in [9.17, 15) is 4.79 Å². The lowest BCUT2D eigenvalue weighted by Gasteiger charge is -2.08. The van der Waals surface area contributed by atoms with Crippen LogP contribution in [-0.2, 0) is 4.79 Å². The van der Waals surface area contributed by atoms with Crippen LogP contribution in [0.2, 0.25) is 0 Å². The summed E-state index contributed by atoms with van der Waals surface area (Å²) in [6.07, 6.45) is 0. The average molecular weight is 361 g/mol. The first-order valence-electron chi connectivity index (χ1n) is 6.59. The zero-order chi connectivity index (χ0) is 16.2. The number of carbonyl (C=O) groups is 1. The molecule has 0 fully saturated rings. The van der Waals surface area contributed by atoms with Crippen LogP contribution in [0.1, 0.15) is 12.5 Å². The highest BCUT2D eigenvalue weighted by molar-refractivity contribution is 8.00. The molecule has 9 heteroatoms. The lowest BCUT2D eigenvalue weighted by atomic mass is 10.3. The molecule has 0 spiro atoms. The highest BCUT2D eigenvalue weighted by atomic mass is 32.2. The topological polar surface area (TPSA) is 94.5 Å². The van der Waals surface area contributed by atoms with Crippen molar-refractivity contribution in [2.24, 2.45) is 0 Å². The summed E-state index contributed by atoms with van der Waals surface area (Å²) < 4.78 is 0. The fourth-order valence-corrected chi connectivity index (χ4v) is 3.87. The number of rotatable bonds is 5. The van der Waals surface area contributed by atoms with Crippen LogP contribution in [0.5, 0.6) is 0 Å². The zero-order valence-corrected chi connectivity index (χ0v) is 14.4. The first-order chi connectivity index (χ1) is 11.2. The molecule has 0 unspecified atom stereocenters. The molecule has 1 amide bonds. The van der Waals surface area contributed by atoms with Gasteiger partial charge in [-0.1, -0.05) is 17.8 Å². The molecule has 0 radical (unpaired) electrons. The third-order valence-electron chi connectivity index (χ3n) is 2.89. The lowest BCUT2D eigenvalue weighted by molar-refractivity contribution is -0.115. The Kier molecular flexibility index (Phi) is 4.76. The first-order valence-corrected chi connectivity index (χ1v) is 9.22. The van der Waals surface area contributed by atoms with Gasteiger partial charge in [0, 0.05) is 0 Å². The van der Waals surface area contributed by atoms with Gasteiger partial charge in [0.2, 0.25) is 11.1 Å². The van der Waals surface area contributed by atoms with Gasteiger partial charge in [0.05, 0.1) is 15.7 Å². The fraction of sp³-hybridized carbons (Fsp3) is 0.143. The number of aromatic amines is 1. The van der Waals surface area contributed by atoms with Crippen molar-refractivity contribution < 1.29 is 4.79 Å². The first kappa shape index (κ1) is 15.7. The van der Waals surface area contributed by atoms with Crippen LogP contribution in [0.4, 0.5) is 5.00 Å². The van der Waals surface area contributed by atoms with E-state index in [-0.39, 0.29) is 11.2 Å². The maximum Gasteiger partial charge on any atom is 0.238 e. The van der Waals surface area contributed by atoms with Crippen molar-refractivity contribution in [3.63, 3.8) is 0 Å². The number of anilines is 1. The van der Waals surface area contributed by atoms with Gasteiger partial charge in [0.1, 0.15) is 11.1 Å². The summed E-state index contributed by atoms with van der Waals surface area (Å²) >= 11 is 4.16. The molecule has 0 aliphatic heterocycles. The number of H-pyrrole nitrogens is 1. The Morgan fingerprint density at radius 3 is 3.04 bits per heavy atom. The predicted molar refractivity (Wildman–Crippen MR) is 92.7 cm³/mol. The second-order valence-corrected chi connectivity index (χ2v) is 7.64. The molecule has 1 atom stereocenters. The fourth-order valence-electron chi connectivity index (χ4n) is 1.74. The Morgan fingerprint density at radius 2 is 2.30 bits per heavy atom. The SMILES string of the molecule is C[C@H](Sc1n[nH]c(-c2cccs2)n1)C(=O)Nc1sccc1C#N. The second kappa shape index (κ2) is 6.95. The number of nitriles is 1. The summed E-state index contributed by atoms with van der Waals surface area (Å²) in [5.41, 5.74) is 0.471. The Morgan fingerprint density at radius 1 is 1.43 bits per heavy atom. The molecule has 2 N–H and O–H groups in total. The molecule has 3 aromatic heterocycles. The minimum Gasteiger partial charge on any atom is -0.316 e. The van der Waals surface area contributed by atoms with E-state index in [0.29, 0.717) is 21.5 Å². The minimum absolute atomic E-state index is 0.184. The molecule has 0 aliphatic rings. The summed E-state index contributed by atoms with van der Waals surface area (Å²) in [5, 5.41) is 23.2. The molecule has 116 valence electrons. The monoisotopic (exact) mass is 361 g/mol. The third-order valence-corrected chi connectivity index (χ3v) is 5.56. The zero-order valence-electron chi connectivity index (χ0n) is 11.9. The van der Waals surface area contributed by atoms with Crippen molar-refractivity contribution in [2.75, 3.05) is 5.32 Å². The number of aromatic nitrogens is 3. The molecule has 0 aromatic carbocycles. The summed E-state index contributed by atoms with van der Waals surface area (Å²) in [4.78, 5) is 17.6. The van der Waals surface area contributed by atoms with Crippen LogP contribution >= 0.6 is 34.4 Å². The Balaban J connectivity index is 1.64. The molecule has 0 bridgehead atoms. The van der Waals surface area contributed by atoms with E-state index < -0.39 is 0 Å². The van der Waals surface area contributed by atoms with Crippen molar-refractivity contribution in [3.05, 3.63) is 34.5 Å². The molecule has 0 saturated carbocycles. The van der Waals surface area contributed by atoms with E-state index in [4.69, 9.17) is 5.26 Å². The summed E-state index contributed by atoms with van der Waals surface area (Å²) in [6, 6.07) is 7.63. The van der Waals surface area contributed by atoms with E-state index in [0.717, 1.165) is 4.88 Å². The Bertz CT molecular complexity index is 846. The molecule has 0 aliphatic carbocycles. The van der Waals surface area contributed by atoms with Gasteiger partial charge in [-0.05, 0) is 29.8 Å². The molecular weight excluding hydrogens is 350 g/mol. The number of hydrogen-bond donors (Lipinski definition) is 2. The van der Waals surface area contributed by atoms with Crippen molar-refractivity contribution in [2.45, 2.75) is 17.3 Å². The van der Waals surface area contributed by atoms with Crippen molar-refractivity contribution in [1.82, 2.24) is 15.2 Å². The summed E-state index contributed by atoms with van der Waals surface area (Å²) in [7, 11) is 0. The molecule has 6 nitrogen and oxygen atoms in total. The molecule has 3 heterocycles. The standard InChI is InChI=1S/C14H11N5OS3/c1-8(12(20)17-13-9(7-15)4-6-22-13)23-14-16-11(18-19-14)10-3-2-5-21-10/h2-6,8H,1H3,(H,17,20)(H,16,18,19)/t8-/m0/s1. The Hall–Kier alpha value is -2.15. The summed E-state index contributed by atoms with van der Waals surface area (Å²) in [6.45, 7) is 1.78. The molecule has 0 saturated heterocycles. The third kappa shape index (κ3) is 3.61. The van der Waals surface area contributed by atoms with Crippen LogP contribution in [0.3, 0.4) is 0 Å². The van der Waals surface area contributed by atoms with Crippen LogP contribution in [0.15, 0.2) is 34.1 Å². The Labute approximate surface area is 144 Å². The van der Waals surface area contributed by atoms with Crippen molar-refractivity contribution in [3.8, 4) is 16.8 Å². The van der Waals surface area contributed by atoms with Gasteiger partial charge in [0.25, 0.3) is 0 Å². The van der Waals surface area contributed by atoms with E-state index in [1.807, 2.05) is 23.6 Å². The number of nitrogens with zero attached hydrogens (tertiary/aromatic N) is 3. The average Bonchev–Trinajstić information content (AvgIpc) is 3.28. The number of thioether (sulfide) groups is 1. The highest BCUT2D eigenvalue weighted by Crippen LogP contribution is 2.27. The quantitative estimate of drug-likeness (QED) is 0.677. The van der Waals surface area contributed by atoms with Crippen molar-refractivity contribution >= 4 is 45.3 Å². The number of carbonyl (C=O) groups excluding carboxylic acids is 1. The smallest absolute Gasteiger partial charge is 0.238 e. The van der Waals surface area contributed by atoms with Crippen LogP contribution in [-0.4, -0.2) is 26.3 Å². The van der Waals surface area contributed by atoms with Crippen molar-refractivity contribution in [1.29, 1.82) is 5.26 Å². The predicted octanol–water partition coefficient (Wildman–Crippen LogP) is 3.59. The van der Waals surface area contributed by atoms with Crippen LogP contribution in [0.25, 0.3) is 10.7 Å². The van der Waals surface area contributed by atoms with Gasteiger partial charge in [-0.2, -0.15) is 5.26 Å². The number of amides is 1. The second-order valence-electron chi connectivity index (χ2n) is 4.47. The van der Waals surface area contributed by atoms with Gasteiger partial charge in [-0.15, -0.1) is 27.8 Å². The van der Waals surface area contributed by atoms with E-state index in [2.05, 4.69) is 20.5 Å². The number of thiophene rings is 2. The van der Waals surface area contributed by atoms with Gasteiger partial charge in [-0.3, -0.25) is 9.89 Å². The lowest BCUT2D eigenvalue weighted by Crippen LogP contribution is -2.22. The van der Waals surface area contributed by atoms with E-state index in [1.54, 1.807) is 29.7 Å². The van der Waals surface area contributed by atoms with Gasteiger partial charge in [0.15, 0.2) is 5.82 Å². The molecule has 3 rings (SSSR count). The molecule has 23 heavy (non-hydrogen) atoms. The summed E-state index contributed by atoms with van der Waals surface area (Å²) in [5.74, 6) is 0.511. The minimum atomic E-state index is -0.379. The van der Waals surface area contributed by atoms with E-state index >= 15 is 0 Å². The van der Waals surface area contributed by atoms with E-state index in [1.165, 1.54) is 23.1 Å². The normalized spacial score (nSPS) is 11.8. The molecule has 3 aromatic rings. The van der Waals surface area contributed by atoms with Gasteiger partial charge < -0.3 is 5.32 Å². The van der Waals surface area contributed by atoms with Gasteiger partial charge in [-0.25, -0.2) is 4.98 Å². The maximum atomic E-state index is 12.2. The van der Waals surface area contributed by atoms with Crippen LogP contribution < -0.4 is 5.32 Å². The largest absolute Gasteiger partial charge is 0.316 e. The highest BCUT2D eigenvalue weighted by Gasteiger charge is 2.19. The molecular formula is C14H11N5OS3. The maximum absolute atomic E-state index is 12.2. The van der Waals surface area contributed by atoms with Crippen LogP contribution in [0, 0.1) is 11.3 Å². The number of hydrogen-bond acceptors (Lipinski definition) is 7. The number of nitrogens with one attached hydrogen (secondary N) is 2. The van der Waals surface area contributed by atoms with Gasteiger partial charge >= 0.3 is 0 Å².